The average Bonchev–Trinajstić information content (AvgIpc) is 3.05. The fourth-order valence-electron chi connectivity index (χ4n) is 1.77. The van der Waals surface area contributed by atoms with Gasteiger partial charge in [0.2, 0.25) is 5.78 Å². The lowest BCUT2D eigenvalue weighted by Gasteiger charge is -2.06. The van der Waals surface area contributed by atoms with Crippen molar-refractivity contribution in [3.8, 4) is 17.6 Å². The summed E-state index contributed by atoms with van der Waals surface area (Å²) in [4.78, 5) is 12.1. The number of rotatable bonds is 5. The van der Waals surface area contributed by atoms with E-state index in [0.29, 0.717) is 17.1 Å². The highest BCUT2D eigenvalue weighted by molar-refractivity contribution is 6.12. The van der Waals surface area contributed by atoms with E-state index in [1.807, 2.05) is 6.07 Å². The third kappa shape index (κ3) is 3.31. The molecule has 0 aliphatic heterocycles. The molecule has 0 N–H and O–H groups in total. The van der Waals surface area contributed by atoms with Crippen molar-refractivity contribution in [2.24, 2.45) is 0 Å². The first-order valence-electron chi connectivity index (χ1n) is 6.11. The van der Waals surface area contributed by atoms with Crippen molar-refractivity contribution in [3.63, 3.8) is 0 Å². The third-order valence-corrected chi connectivity index (χ3v) is 2.79. The maximum Gasteiger partial charge on any atom is 0.238 e. The smallest absolute Gasteiger partial charge is 0.238 e. The second kappa shape index (κ2) is 6.44. The van der Waals surface area contributed by atoms with Gasteiger partial charge in [0.25, 0.3) is 0 Å². The van der Waals surface area contributed by atoms with Crippen molar-refractivity contribution < 1.29 is 18.7 Å². The number of nitrogens with zero attached hydrogens (tertiary/aromatic N) is 1. The minimum Gasteiger partial charge on any atom is -0.497 e. The maximum absolute atomic E-state index is 12.1. The Labute approximate surface area is 122 Å². The number of hydrogen-bond acceptors (Lipinski definition) is 5. The van der Waals surface area contributed by atoms with Crippen LogP contribution in [0.3, 0.4) is 0 Å². The zero-order valence-electron chi connectivity index (χ0n) is 11.6. The molecule has 1 aromatic heterocycles. The molecule has 0 saturated carbocycles. The highest BCUT2D eigenvalue weighted by Crippen LogP contribution is 2.24. The van der Waals surface area contributed by atoms with Crippen LogP contribution < -0.4 is 9.47 Å². The summed E-state index contributed by atoms with van der Waals surface area (Å²) in [5.41, 5.74) is 0.600. The summed E-state index contributed by atoms with van der Waals surface area (Å²) in [6.07, 6.45) is 2.85. The Morgan fingerprint density at radius 1 is 1.24 bits per heavy atom. The van der Waals surface area contributed by atoms with Crippen LogP contribution in [0, 0.1) is 11.3 Å². The lowest BCUT2D eigenvalue weighted by Crippen LogP contribution is -2.00. The number of ether oxygens (including phenoxy) is 2. The van der Waals surface area contributed by atoms with E-state index in [-0.39, 0.29) is 11.3 Å². The number of allylic oxidation sites excluding steroid dienone is 1. The molecule has 0 saturated heterocycles. The van der Waals surface area contributed by atoms with E-state index in [9.17, 15) is 4.79 Å². The molecule has 0 aliphatic rings. The van der Waals surface area contributed by atoms with Gasteiger partial charge in [-0.1, -0.05) is 0 Å². The molecule has 0 aliphatic carbocycles. The normalized spacial score (nSPS) is 10.8. The minimum atomic E-state index is -0.468. The Bertz CT molecular complexity index is 686. The molecule has 2 rings (SSSR count). The molecule has 0 atom stereocenters. The monoisotopic (exact) mass is 283 g/mol. The molecule has 0 fully saturated rings. The Kier molecular flexibility index (Phi) is 4.42. The predicted molar refractivity (Wildman–Crippen MR) is 76.2 cm³/mol. The molecule has 0 spiro atoms. The molecule has 21 heavy (non-hydrogen) atoms. The summed E-state index contributed by atoms with van der Waals surface area (Å²) in [7, 11) is 3.06. The highest BCUT2D eigenvalue weighted by atomic mass is 16.5. The zero-order valence-corrected chi connectivity index (χ0v) is 11.6. The number of nitriles is 1. The van der Waals surface area contributed by atoms with Gasteiger partial charge >= 0.3 is 0 Å². The molecule has 1 heterocycles. The van der Waals surface area contributed by atoms with Crippen LogP contribution in [0.15, 0.2) is 46.6 Å². The largest absolute Gasteiger partial charge is 0.497 e. The van der Waals surface area contributed by atoms with Gasteiger partial charge in [-0.05, 0) is 35.9 Å². The van der Waals surface area contributed by atoms with Crippen LogP contribution in [0.25, 0.3) is 6.08 Å². The van der Waals surface area contributed by atoms with Gasteiger partial charge in [-0.15, -0.1) is 0 Å². The number of benzene rings is 1. The number of ketones is 1. The van der Waals surface area contributed by atoms with E-state index >= 15 is 0 Å². The number of Topliss-reactive ketones (excluding diaryl/α,β-unsaturated/α-hetero) is 1. The van der Waals surface area contributed by atoms with E-state index in [0.717, 1.165) is 0 Å². The predicted octanol–water partition coefficient (Wildman–Crippen LogP) is 3.09. The first-order chi connectivity index (χ1) is 10.2. The standard InChI is InChI=1S/C16H13NO4/c1-19-13-7-11(8-14(9-13)20-2)6-12(10-17)16(18)15-4-3-5-21-15/h3-9H,1-2H3/b12-6+. The molecule has 0 bridgehead atoms. The SMILES string of the molecule is COc1cc(/C=C(\C#N)C(=O)c2ccco2)cc(OC)c1. The third-order valence-electron chi connectivity index (χ3n) is 2.79. The summed E-state index contributed by atoms with van der Waals surface area (Å²) < 4.78 is 15.3. The van der Waals surface area contributed by atoms with Gasteiger partial charge in [-0.3, -0.25) is 4.79 Å². The van der Waals surface area contributed by atoms with Gasteiger partial charge in [-0.2, -0.15) is 5.26 Å². The van der Waals surface area contributed by atoms with Gasteiger partial charge in [-0.25, -0.2) is 0 Å². The molecular formula is C16H13NO4. The van der Waals surface area contributed by atoms with Gasteiger partial charge in [0.1, 0.15) is 23.1 Å². The topological polar surface area (TPSA) is 72.5 Å². The fraction of sp³-hybridized carbons (Fsp3) is 0.125. The van der Waals surface area contributed by atoms with Crippen LogP contribution >= 0.6 is 0 Å². The van der Waals surface area contributed by atoms with E-state index < -0.39 is 5.78 Å². The highest BCUT2D eigenvalue weighted by Gasteiger charge is 2.15. The Balaban J connectivity index is 2.40. The van der Waals surface area contributed by atoms with E-state index in [4.69, 9.17) is 19.2 Å². The molecule has 0 amide bonds. The summed E-state index contributed by atoms with van der Waals surface area (Å²) in [5, 5.41) is 9.17. The van der Waals surface area contributed by atoms with Crippen LogP contribution in [0.2, 0.25) is 0 Å². The van der Waals surface area contributed by atoms with E-state index in [2.05, 4.69) is 0 Å². The lowest BCUT2D eigenvalue weighted by atomic mass is 10.1. The quantitative estimate of drug-likeness (QED) is 0.479. The maximum atomic E-state index is 12.1. The van der Waals surface area contributed by atoms with Crippen LogP contribution in [0.5, 0.6) is 11.5 Å². The Hall–Kier alpha value is -3.00. The second-order valence-electron chi connectivity index (χ2n) is 4.12. The van der Waals surface area contributed by atoms with Crippen molar-refractivity contribution in [2.75, 3.05) is 14.2 Å². The summed E-state index contributed by atoms with van der Waals surface area (Å²) >= 11 is 0. The Morgan fingerprint density at radius 2 is 1.90 bits per heavy atom. The van der Waals surface area contributed by atoms with Crippen LogP contribution in [-0.2, 0) is 0 Å². The number of carbonyl (C=O) groups excluding carboxylic acids is 1. The van der Waals surface area contributed by atoms with Gasteiger partial charge in [0.15, 0.2) is 5.76 Å². The van der Waals surface area contributed by atoms with Crippen LogP contribution in [0.4, 0.5) is 0 Å². The lowest BCUT2D eigenvalue weighted by molar-refractivity contribution is 0.101. The molecular weight excluding hydrogens is 270 g/mol. The zero-order chi connectivity index (χ0) is 15.2. The van der Waals surface area contributed by atoms with Gasteiger partial charge in [0.05, 0.1) is 20.5 Å². The molecule has 0 radical (unpaired) electrons. The average molecular weight is 283 g/mol. The number of methoxy groups -OCH3 is 2. The first kappa shape index (κ1) is 14.4. The van der Waals surface area contributed by atoms with Crippen molar-refractivity contribution >= 4 is 11.9 Å². The summed E-state index contributed by atoms with van der Waals surface area (Å²) in [5.74, 6) is 0.800. The van der Waals surface area contributed by atoms with Crippen molar-refractivity contribution in [1.29, 1.82) is 5.26 Å². The van der Waals surface area contributed by atoms with Gasteiger partial charge in [0, 0.05) is 6.07 Å². The molecule has 2 aromatic rings. The van der Waals surface area contributed by atoms with Crippen LogP contribution in [-0.4, -0.2) is 20.0 Å². The fourth-order valence-corrected chi connectivity index (χ4v) is 1.77. The molecule has 5 nitrogen and oxygen atoms in total. The number of hydrogen-bond donors (Lipinski definition) is 0. The molecule has 5 heteroatoms. The van der Waals surface area contributed by atoms with Crippen LogP contribution in [0.1, 0.15) is 16.1 Å². The van der Waals surface area contributed by atoms with E-state index in [1.165, 1.54) is 32.6 Å². The summed E-state index contributed by atoms with van der Waals surface area (Å²) in [6, 6.07) is 10.1. The molecule has 0 unspecified atom stereocenters. The van der Waals surface area contributed by atoms with Crippen molar-refractivity contribution in [3.05, 3.63) is 53.5 Å². The Morgan fingerprint density at radius 3 is 2.38 bits per heavy atom. The molecule has 1 aromatic carbocycles. The number of furan rings is 1. The minimum absolute atomic E-state index is 0.0275. The second-order valence-corrected chi connectivity index (χ2v) is 4.12. The van der Waals surface area contributed by atoms with Crippen molar-refractivity contribution in [1.82, 2.24) is 0 Å². The molecule has 106 valence electrons. The van der Waals surface area contributed by atoms with Crippen molar-refractivity contribution in [2.45, 2.75) is 0 Å². The number of carbonyl (C=O) groups is 1. The van der Waals surface area contributed by atoms with E-state index in [1.54, 1.807) is 24.3 Å². The summed E-state index contributed by atoms with van der Waals surface area (Å²) in [6.45, 7) is 0. The van der Waals surface area contributed by atoms with Gasteiger partial charge < -0.3 is 13.9 Å². The first-order valence-corrected chi connectivity index (χ1v) is 6.11.